The van der Waals surface area contributed by atoms with Gasteiger partial charge in [0.15, 0.2) is 0 Å². The van der Waals surface area contributed by atoms with Crippen LogP contribution < -0.4 is 4.74 Å². The summed E-state index contributed by atoms with van der Waals surface area (Å²) in [4.78, 5) is 3.03. The number of aromatic nitrogens is 1. The number of fused-ring (bicyclic) bond motifs is 1. The van der Waals surface area contributed by atoms with Crippen molar-refractivity contribution in [2.24, 2.45) is 0 Å². The summed E-state index contributed by atoms with van der Waals surface area (Å²) in [6.07, 6.45) is -4.88. The molecule has 3 rings (SSSR count). The molecular weight excluding hydrogens is 358 g/mol. The molecule has 5 atom stereocenters. The number of aliphatic hydroxyl groups is 4. The Morgan fingerprint density at radius 3 is 2.68 bits per heavy atom. The van der Waals surface area contributed by atoms with Gasteiger partial charge < -0.3 is 34.9 Å². The first-order valence-corrected chi connectivity index (χ1v) is 7.54. The molecule has 0 radical (unpaired) electrons. The lowest BCUT2D eigenvalue weighted by molar-refractivity contribution is -0.277. The summed E-state index contributed by atoms with van der Waals surface area (Å²) < 4.78 is 11.8. The minimum atomic E-state index is -1.46. The second-order valence-electron chi connectivity index (χ2n) is 5.16. The monoisotopic (exact) mass is 373 g/mol. The fourth-order valence-electron chi connectivity index (χ4n) is 2.46. The highest BCUT2D eigenvalue weighted by atomic mass is 79.9. The van der Waals surface area contributed by atoms with E-state index in [2.05, 4.69) is 20.9 Å². The van der Waals surface area contributed by atoms with Crippen molar-refractivity contribution in [2.75, 3.05) is 6.61 Å². The van der Waals surface area contributed by atoms with Crippen molar-refractivity contribution < 1.29 is 29.9 Å². The number of nitrogens with one attached hydrogen (secondary N) is 1. The van der Waals surface area contributed by atoms with Crippen LogP contribution in [0.3, 0.4) is 0 Å². The van der Waals surface area contributed by atoms with E-state index < -0.39 is 37.3 Å². The molecule has 1 aliphatic rings. The Hall–Kier alpha value is -1.16. The van der Waals surface area contributed by atoms with Crippen molar-refractivity contribution in [1.29, 1.82) is 0 Å². The molecule has 0 saturated carbocycles. The van der Waals surface area contributed by atoms with Crippen molar-refractivity contribution in [2.45, 2.75) is 30.7 Å². The second kappa shape index (κ2) is 6.15. The van der Waals surface area contributed by atoms with Crippen molar-refractivity contribution in [3.63, 3.8) is 0 Å². The summed E-state index contributed by atoms with van der Waals surface area (Å²) in [5.41, 5.74) is 0.828. The number of H-pyrrole nitrogens is 1. The maximum Gasteiger partial charge on any atom is 0.229 e. The first kappa shape index (κ1) is 15.7. The van der Waals surface area contributed by atoms with Gasteiger partial charge in [-0.2, -0.15) is 0 Å². The SMILES string of the molecule is OCC1OC(Oc2c[nH]c3cc(Br)ccc23)C(O)C(O)C1O. The van der Waals surface area contributed by atoms with Gasteiger partial charge >= 0.3 is 0 Å². The van der Waals surface area contributed by atoms with Gasteiger partial charge in [-0.25, -0.2) is 0 Å². The molecule has 120 valence electrons. The van der Waals surface area contributed by atoms with Crippen molar-refractivity contribution in [3.05, 3.63) is 28.9 Å². The smallest absolute Gasteiger partial charge is 0.229 e. The maximum absolute atomic E-state index is 9.98. The van der Waals surface area contributed by atoms with Crippen LogP contribution in [0.4, 0.5) is 0 Å². The Bertz CT molecular complexity index is 660. The van der Waals surface area contributed by atoms with E-state index in [4.69, 9.17) is 14.6 Å². The van der Waals surface area contributed by atoms with Crippen LogP contribution in [-0.2, 0) is 4.74 Å². The average molecular weight is 374 g/mol. The highest BCUT2D eigenvalue weighted by molar-refractivity contribution is 9.10. The number of benzene rings is 1. The van der Waals surface area contributed by atoms with Gasteiger partial charge in [-0.15, -0.1) is 0 Å². The first-order valence-electron chi connectivity index (χ1n) is 6.75. The van der Waals surface area contributed by atoms with Crippen LogP contribution in [0.25, 0.3) is 10.9 Å². The topological polar surface area (TPSA) is 115 Å². The summed E-state index contributed by atoms with van der Waals surface area (Å²) in [6.45, 7) is -0.494. The number of halogens is 1. The highest BCUT2D eigenvalue weighted by Gasteiger charge is 2.44. The summed E-state index contributed by atoms with van der Waals surface area (Å²) >= 11 is 3.37. The van der Waals surface area contributed by atoms with Crippen LogP contribution in [0.5, 0.6) is 5.75 Å². The van der Waals surface area contributed by atoms with Crippen LogP contribution >= 0.6 is 15.9 Å². The molecule has 1 aromatic carbocycles. The van der Waals surface area contributed by atoms with E-state index in [1.807, 2.05) is 18.2 Å². The molecule has 0 aliphatic carbocycles. The van der Waals surface area contributed by atoms with Crippen LogP contribution in [-0.4, -0.2) is 62.7 Å². The largest absolute Gasteiger partial charge is 0.460 e. The van der Waals surface area contributed by atoms with Crippen LogP contribution in [0.15, 0.2) is 28.9 Å². The normalized spacial score (nSPS) is 32.3. The number of aromatic amines is 1. The molecule has 1 saturated heterocycles. The number of hydrogen-bond acceptors (Lipinski definition) is 6. The lowest BCUT2D eigenvalue weighted by atomic mass is 9.99. The zero-order valence-corrected chi connectivity index (χ0v) is 13.0. The van der Waals surface area contributed by atoms with Crippen molar-refractivity contribution >= 4 is 26.8 Å². The average Bonchev–Trinajstić information content (AvgIpc) is 2.90. The standard InChI is InChI=1S/C14H16BrNO6/c15-6-1-2-7-8(3-6)16-4-9(7)21-14-13(20)12(19)11(18)10(5-17)22-14/h1-4,10-14,16-20H,5H2. The number of ether oxygens (including phenoxy) is 2. The van der Waals surface area contributed by atoms with Gasteiger partial charge in [-0.3, -0.25) is 0 Å². The summed E-state index contributed by atoms with van der Waals surface area (Å²) in [7, 11) is 0. The van der Waals surface area contributed by atoms with Gasteiger partial charge in [0.25, 0.3) is 0 Å². The predicted octanol–water partition coefficient (Wildman–Crippen LogP) is 0.109. The molecule has 5 unspecified atom stereocenters. The molecule has 5 N–H and O–H groups in total. The molecule has 2 aromatic rings. The van der Waals surface area contributed by atoms with Crippen LogP contribution in [0.2, 0.25) is 0 Å². The molecule has 7 nitrogen and oxygen atoms in total. The fourth-order valence-corrected chi connectivity index (χ4v) is 2.82. The lowest BCUT2D eigenvalue weighted by Crippen LogP contribution is -2.60. The van der Waals surface area contributed by atoms with Gasteiger partial charge in [-0.1, -0.05) is 15.9 Å². The van der Waals surface area contributed by atoms with E-state index in [0.717, 1.165) is 15.4 Å². The van der Waals surface area contributed by atoms with E-state index in [1.54, 1.807) is 6.20 Å². The van der Waals surface area contributed by atoms with Crippen molar-refractivity contribution in [1.82, 2.24) is 4.98 Å². The molecule has 8 heteroatoms. The minimum Gasteiger partial charge on any atom is -0.460 e. The molecule has 2 heterocycles. The number of aliphatic hydroxyl groups excluding tert-OH is 4. The summed E-state index contributed by atoms with van der Waals surface area (Å²) in [5, 5.41) is 39.4. The van der Waals surface area contributed by atoms with Gasteiger partial charge in [0, 0.05) is 16.1 Å². The van der Waals surface area contributed by atoms with E-state index in [-0.39, 0.29) is 0 Å². The third-order valence-corrected chi connectivity index (χ3v) is 4.19. The fraction of sp³-hybridized carbons (Fsp3) is 0.429. The predicted molar refractivity (Wildman–Crippen MR) is 80.4 cm³/mol. The Morgan fingerprint density at radius 2 is 1.95 bits per heavy atom. The van der Waals surface area contributed by atoms with Crippen molar-refractivity contribution in [3.8, 4) is 5.75 Å². The molecule has 0 bridgehead atoms. The van der Waals surface area contributed by atoms with E-state index in [9.17, 15) is 15.3 Å². The third-order valence-electron chi connectivity index (χ3n) is 3.70. The minimum absolute atomic E-state index is 0.437. The van der Waals surface area contributed by atoms with E-state index >= 15 is 0 Å². The second-order valence-corrected chi connectivity index (χ2v) is 6.07. The van der Waals surface area contributed by atoms with Crippen LogP contribution in [0, 0.1) is 0 Å². The number of rotatable bonds is 3. The molecule has 22 heavy (non-hydrogen) atoms. The van der Waals surface area contributed by atoms with E-state index in [1.165, 1.54) is 0 Å². The van der Waals surface area contributed by atoms with Gasteiger partial charge in [0.2, 0.25) is 6.29 Å². The Labute approximate surface area is 134 Å². The summed E-state index contributed by atoms with van der Waals surface area (Å²) in [6, 6.07) is 5.54. The van der Waals surface area contributed by atoms with Crippen LogP contribution in [0.1, 0.15) is 0 Å². The number of hydrogen-bond donors (Lipinski definition) is 5. The molecular formula is C14H16BrNO6. The molecule has 1 aliphatic heterocycles. The molecule has 0 spiro atoms. The molecule has 1 aromatic heterocycles. The van der Waals surface area contributed by atoms with E-state index in [0.29, 0.717) is 5.75 Å². The summed E-state index contributed by atoms with van der Waals surface area (Å²) in [5.74, 6) is 0.437. The third kappa shape index (κ3) is 2.73. The lowest BCUT2D eigenvalue weighted by Gasteiger charge is -2.39. The molecule has 0 amide bonds. The van der Waals surface area contributed by atoms with Gasteiger partial charge in [-0.05, 0) is 18.2 Å². The zero-order chi connectivity index (χ0) is 15.9. The molecule has 1 fully saturated rings. The highest BCUT2D eigenvalue weighted by Crippen LogP contribution is 2.31. The van der Waals surface area contributed by atoms with Gasteiger partial charge in [0.05, 0.1) is 12.1 Å². The van der Waals surface area contributed by atoms with Gasteiger partial charge in [0.1, 0.15) is 30.2 Å². The maximum atomic E-state index is 9.98. The Kier molecular flexibility index (Phi) is 4.40. The Balaban J connectivity index is 1.84. The first-order chi connectivity index (χ1) is 10.5. The quantitative estimate of drug-likeness (QED) is 0.521. The zero-order valence-electron chi connectivity index (χ0n) is 11.4. The Morgan fingerprint density at radius 1 is 1.18 bits per heavy atom.